The van der Waals surface area contributed by atoms with E-state index in [4.69, 9.17) is 24.1 Å². The summed E-state index contributed by atoms with van der Waals surface area (Å²) < 4.78 is 20.8. The summed E-state index contributed by atoms with van der Waals surface area (Å²) in [6.07, 6.45) is 0.904. The minimum Gasteiger partial charge on any atom is -0.481 e. The summed E-state index contributed by atoms with van der Waals surface area (Å²) in [5.74, 6) is -1.19. The van der Waals surface area contributed by atoms with Gasteiger partial charge in [0.15, 0.2) is 6.29 Å². The molecule has 0 aliphatic heterocycles. The van der Waals surface area contributed by atoms with E-state index in [9.17, 15) is 9.59 Å². The van der Waals surface area contributed by atoms with Gasteiger partial charge in [0.2, 0.25) is 0 Å². The maximum atomic E-state index is 11.3. The molecule has 0 radical (unpaired) electrons. The average molecular weight is 306 g/mol. The SMILES string of the molecule is CCOC(COCCOC(=O)CCCCC(=O)O)OCC. The molecule has 0 fully saturated rings. The fourth-order valence-electron chi connectivity index (χ4n) is 1.53. The van der Waals surface area contributed by atoms with Crippen LogP contribution in [0.4, 0.5) is 0 Å². The molecule has 0 spiro atoms. The number of hydrogen-bond acceptors (Lipinski definition) is 6. The molecular formula is C14H26O7. The van der Waals surface area contributed by atoms with E-state index in [1.807, 2.05) is 13.8 Å². The molecule has 0 saturated carbocycles. The number of carboxylic acids is 1. The van der Waals surface area contributed by atoms with E-state index >= 15 is 0 Å². The van der Waals surface area contributed by atoms with Gasteiger partial charge in [0.25, 0.3) is 0 Å². The number of unbranched alkanes of at least 4 members (excludes halogenated alkanes) is 1. The highest BCUT2D eigenvalue weighted by molar-refractivity contribution is 5.69. The van der Waals surface area contributed by atoms with Crippen LogP contribution in [0.3, 0.4) is 0 Å². The van der Waals surface area contributed by atoms with Crippen LogP contribution in [-0.4, -0.2) is 56.4 Å². The van der Waals surface area contributed by atoms with Gasteiger partial charge >= 0.3 is 11.9 Å². The molecule has 0 rings (SSSR count). The van der Waals surface area contributed by atoms with Crippen LogP contribution in [0.15, 0.2) is 0 Å². The molecule has 124 valence electrons. The van der Waals surface area contributed by atoms with Crippen LogP contribution in [0.25, 0.3) is 0 Å². The van der Waals surface area contributed by atoms with E-state index in [1.165, 1.54) is 0 Å². The molecule has 0 aliphatic rings. The second kappa shape index (κ2) is 13.8. The minimum absolute atomic E-state index is 0.0760. The molecule has 0 unspecified atom stereocenters. The first kappa shape index (κ1) is 19.8. The van der Waals surface area contributed by atoms with Gasteiger partial charge in [-0.15, -0.1) is 0 Å². The molecule has 1 N–H and O–H groups in total. The maximum Gasteiger partial charge on any atom is 0.305 e. The Hall–Kier alpha value is -1.18. The van der Waals surface area contributed by atoms with Crippen molar-refractivity contribution in [1.29, 1.82) is 0 Å². The first-order valence-electron chi connectivity index (χ1n) is 7.28. The van der Waals surface area contributed by atoms with E-state index in [-0.39, 0.29) is 38.6 Å². The van der Waals surface area contributed by atoms with Crippen LogP contribution in [0.2, 0.25) is 0 Å². The van der Waals surface area contributed by atoms with Gasteiger partial charge in [-0.3, -0.25) is 9.59 Å². The molecule has 0 saturated heterocycles. The number of hydrogen-bond donors (Lipinski definition) is 1. The van der Waals surface area contributed by atoms with Gasteiger partial charge in [-0.2, -0.15) is 0 Å². The number of ether oxygens (including phenoxy) is 4. The molecule has 0 aliphatic carbocycles. The molecular weight excluding hydrogens is 280 g/mol. The van der Waals surface area contributed by atoms with Gasteiger partial charge in [-0.1, -0.05) is 0 Å². The Balaban J connectivity index is 3.47. The van der Waals surface area contributed by atoms with Crippen molar-refractivity contribution >= 4 is 11.9 Å². The third kappa shape index (κ3) is 13.6. The Morgan fingerprint density at radius 2 is 1.62 bits per heavy atom. The van der Waals surface area contributed by atoms with Gasteiger partial charge in [0.1, 0.15) is 6.61 Å². The van der Waals surface area contributed by atoms with Crippen molar-refractivity contribution in [2.45, 2.75) is 45.8 Å². The summed E-state index contributed by atoms with van der Waals surface area (Å²) >= 11 is 0. The Labute approximate surface area is 125 Å². The third-order valence-corrected chi connectivity index (χ3v) is 2.47. The lowest BCUT2D eigenvalue weighted by Crippen LogP contribution is -2.24. The van der Waals surface area contributed by atoms with Crippen molar-refractivity contribution in [3.05, 3.63) is 0 Å². The zero-order chi connectivity index (χ0) is 15.9. The molecule has 21 heavy (non-hydrogen) atoms. The smallest absolute Gasteiger partial charge is 0.305 e. The second-order valence-corrected chi connectivity index (χ2v) is 4.24. The fourth-order valence-corrected chi connectivity index (χ4v) is 1.53. The summed E-state index contributed by atoms with van der Waals surface area (Å²) in [6.45, 7) is 5.56. The second-order valence-electron chi connectivity index (χ2n) is 4.24. The number of carbonyl (C=O) groups is 2. The highest BCUT2D eigenvalue weighted by Crippen LogP contribution is 2.01. The molecule has 0 aromatic rings. The largest absolute Gasteiger partial charge is 0.481 e. The highest BCUT2D eigenvalue weighted by atomic mass is 16.7. The topological polar surface area (TPSA) is 91.3 Å². The monoisotopic (exact) mass is 306 g/mol. The van der Waals surface area contributed by atoms with Gasteiger partial charge in [-0.25, -0.2) is 0 Å². The number of carbonyl (C=O) groups excluding carboxylic acids is 1. The Morgan fingerprint density at radius 3 is 2.19 bits per heavy atom. The first-order valence-corrected chi connectivity index (χ1v) is 7.28. The van der Waals surface area contributed by atoms with Gasteiger partial charge in [-0.05, 0) is 26.7 Å². The number of rotatable bonds is 14. The lowest BCUT2D eigenvalue weighted by atomic mass is 10.2. The molecule has 0 atom stereocenters. The summed E-state index contributed by atoms with van der Waals surface area (Å²) in [5.41, 5.74) is 0. The van der Waals surface area contributed by atoms with E-state index in [2.05, 4.69) is 0 Å². The minimum atomic E-state index is -0.852. The summed E-state index contributed by atoms with van der Waals surface area (Å²) in [6, 6.07) is 0. The maximum absolute atomic E-state index is 11.3. The predicted molar refractivity (Wildman–Crippen MR) is 74.9 cm³/mol. The highest BCUT2D eigenvalue weighted by Gasteiger charge is 2.08. The molecule has 0 aromatic carbocycles. The van der Waals surface area contributed by atoms with Crippen molar-refractivity contribution in [2.75, 3.05) is 33.0 Å². The number of aliphatic carboxylic acids is 1. The average Bonchev–Trinajstić information content (AvgIpc) is 2.43. The van der Waals surface area contributed by atoms with Crippen LogP contribution >= 0.6 is 0 Å². The number of carboxylic acid groups (broad SMARTS) is 1. The zero-order valence-corrected chi connectivity index (χ0v) is 12.8. The Morgan fingerprint density at radius 1 is 1.00 bits per heavy atom. The zero-order valence-electron chi connectivity index (χ0n) is 12.8. The predicted octanol–water partition coefficient (Wildman–Crippen LogP) is 1.59. The lowest BCUT2D eigenvalue weighted by Gasteiger charge is -2.16. The number of esters is 1. The van der Waals surface area contributed by atoms with Crippen molar-refractivity contribution < 1.29 is 33.6 Å². The summed E-state index contributed by atoms with van der Waals surface area (Å²) in [5, 5.41) is 8.45. The van der Waals surface area contributed by atoms with E-state index in [1.54, 1.807) is 0 Å². The summed E-state index contributed by atoms with van der Waals surface area (Å²) in [7, 11) is 0. The van der Waals surface area contributed by atoms with Gasteiger partial charge < -0.3 is 24.1 Å². The Kier molecular flexibility index (Phi) is 13.0. The van der Waals surface area contributed by atoms with E-state index in [0.29, 0.717) is 26.1 Å². The molecule has 0 bridgehead atoms. The van der Waals surface area contributed by atoms with Crippen molar-refractivity contribution in [3.8, 4) is 0 Å². The van der Waals surface area contributed by atoms with Gasteiger partial charge in [0.05, 0.1) is 13.2 Å². The van der Waals surface area contributed by atoms with E-state index in [0.717, 1.165) is 0 Å². The quantitative estimate of drug-likeness (QED) is 0.296. The molecule has 0 amide bonds. The molecule has 7 heteroatoms. The molecule has 0 aromatic heterocycles. The normalized spacial score (nSPS) is 10.8. The van der Waals surface area contributed by atoms with Crippen LogP contribution in [-0.2, 0) is 28.5 Å². The van der Waals surface area contributed by atoms with E-state index < -0.39 is 12.3 Å². The standard InChI is InChI=1S/C14H26O7/c1-3-19-14(20-4-2)11-18-9-10-21-13(17)8-6-5-7-12(15)16/h14H,3-11H2,1-2H3,(H,15,16). The van der Waals surface area contributed by atoms with Crippen LogP contribution in [0, 0.1) is 0 Å². The summed E-state index contributed by atoms with van der Waals surface area (Å²) in [4.78, 5) is 21.6. The van der Waals surface area contributed by atoms with Crippen molar-refractivity contribution in [2.24, 2.45) is 0 Å². The molecule has 7 nitrogen and oxygen atoms in total. The van der Waals surface area contributed by atoms with Crippen LogP contribution in [0.5, 0.6) is 0 Å². The van der Waals surface area contributed by atoms with Gasteiger partial charge in [0, 0.05) is 26.1 Å². The third-order valence-electron chi connectivity index (χ3n) is 2.47. The lowest BCUT2D eigenvalue weighted by molar-refractivity contribution is -0.170. The van der Waals surface area contributed by atoms with Crippen LogP contribution in [0.1, 0.15) is 39.5 Å². The first-order chi connectivity index (χ1) is 10.1. The van der Waals surface area contributed by atoms with Crippen molar-refractivity contribution in [1.82, 2.24) is 0 Å². The fraction of sp³-hybridized carbons (Fsp3) is 0.857. The molecule has 0 heterocycles. The van der Waals surface area contributed by atoms with Crippen molar-refractivity contribution in [3.63, 3.8) is 0 Å². The van der Waals surface area contributed by atoms with Crippen LogP contribution < -0.4 is 0 Å². The Bertz CT molecular complexity index is 274.